The molecule has 7 nitrogen and oxygen atoms in total. The van der Waals surface area contributed by atoms with Gasteiger partial charge in [-0.3, -0.25) is 4.99 Å². The maximum absolute atomic E-state index is 11.5. The number of halogens is 1. The molecule has 0 aliphatic carbocycles. The van der Waals surface area contributed by atoms with E-state index in [4.69, 9.17) is 21.1 Å². The van der Waals surface area contributed by atoms with Gasteiger partial charge in [0.25, 0.3) is 0 Å². The number of carbonyl (C=O) groups excluding carboxylic acids is 1. The highest BCUT2D eigenvalue weighted by atomic mass is 35.5. The van der Waals surface area contributed by atoms with Gasteiger partial charge >= 0.3 is 6.09 Å². The molecule has 2 rings (SSSR count). The minimum absolute atomic E-state index is 0.0480. The van der Waals surface area contributed by atoms with E-state index in [0.717, 1.165) is 24.6 Å². The summed E-state index contributed by atoms with van der Waals surface area (Å²) in [6, 6.07) is 7.62. The lowest BCUT2D eigenvalue weighted by Crippen LogP contribution is -2.50. The van der Waals surface area contributed by atoms with Crippen LogP contribution in [0.2, 0.25) is 5.02 Å². The second kappa shape index (κ2) is 10.1. The monoisotopic (exact) mass is 382 g/mol. The number of guanidine groups is 1. The van der Waals surface area contributed by atoms with Crippen molar-refractivity contribution in [3.05, 3.63) is 29.3 Å². The van der Waals surface area contributed by atoms with Crippen LogP contribution in [0.5, 0.6) is 5.75 Å². The van der Waals surface area contributed by atoms with Crippen LogP contribution in [-0.4, -0.2) is 62.9 Å². The summed E-state index contributed by atoms with van der Waals surface area (Å²) in [4.78, 5) is 17.5. The Morgan fingerprint density at radius 2 is 2.15 bits per heavy atom. The third-order valence-corrected chi connectivity index (χ3v) is 4.42. The zero-order chi connectivity index (χ0) is 18.9. The Morgan fingerprint density at radius 1 is 1.42 bits per heavy atom. The standard InChI is InChI=1S/C18H27ClN4O3/c1-13(26-16-6-4-5-14(19)11-16)12-21-17(20-2)22-15-7-9-23(10-8-15)18(24)25-3/h4-6,11,13,15H,7-10,12H2,1-3H3,(H2,20,21,22). The van der Waals surface area contributed by atoms with Gasteiger partial charge in [-0.2, -0.15) is 0 Å². The van der Waals surface area contributed by atoms with E-state index in [2.05, 4.69) is 15.6 Å². The number of carbonyl (C=O) groups is 1. The maximum atomic E-state index is 11.5. The smallest absolute Gasteiger partial charge is 0.409 e. The number of ether oxygens (including phenoxy) is 2. The first kappa shape index (κ1) is 20.2. The number of hydrogen-bond donors (Lipinski definition) is 2. The molecule has 144 valence electrons. The fraction of sp³-hybridized carbons (Fsp3) is 0.556. The van der Waals surface area contributed by atoms with Crippen molar-refractivity contribution in [3.63, 3.8) is 0 Å². The van der Waals surface area contributed by atoms with E-state index < -0.39 is 0 Å². The van der Waals surface area contributed by atoms with Crippen molar-refractivity contribution in [2.24, 2.45) is 4.99 Å². The van der Waals surface area contributed by atoms with Gasteiger partial charge in [-0.15, -0.1) is 0 Å². The summed E-state index contributed by atoms with van der Waals surface area (Å²) >= 11 is 5.97. The molecule has 1 atom stereocenters. The Labute approximate surface area is 159 Å². The number of hydrogen-bond acceptors (Lipinski definition) is 4. The first-order valence-corrected chi connectivity index (χ1v) is 9.12. The number of likely N-dealkylation sites (tertiary alicyclic amines) is 1. The molecule has 0 bridgehead atoms. The topological polar surface area (TPSA) is 75.2 Å². The van der Waals surface area contributed by atoms with Crippen molar-refractivity contribution in [1.29, 1.82) is 0 Å². The molecule has 1 fully saturated rings. The summed E-state index contributed by atoms with van der Waals surface area (Å²) in [5.41, 5.74) is 0. The van der Waals surface area contributed by atoms with E-state index >= 15 is 0 Å². The summed E-state index contributed by atoms with van der Waals surface area (Å²) in [6.07, 6.45) is 1.39. The average Bonchev–Trinajstić information content (AvgIpc) is 2.65. The van der Waals surface area contributed by atoms with Crippen LogP contribution in [0.4, 0.5) is 4.79 Å². The molecule has 1 aromatic rings. The summed E-state index contributed by atoms with van der Waals surface area (Å²) in [5.74, 6) is 1.47. The molecule has 0 spiro atoms. The first-order chi connectivity index (χ1) is 12.5. The number of nitrogens with zero attached hydrogens (tertiary/aromatic N) is 2. The van der Waals surface area contributed by atoms with Crippen LogP contribution in [0.25, 0.3) is 0 Å². The highest BCUT2D eigenvalue weighted by Gasteiger charge is 2.23. The molecule has 1 saturated heterocycles. The van der Waals surface area contributed by atoms with Crippen molar-refractivity contribution in [2.45, 2.75) is 31.9 Å². The summed E-state index contributed by atoms with van der Waals surface area (Å²) < 4.78 is 10.6. The van der Waals surface area contributed by atoms with Gasteiger partial charge in [0.2, 0.25) is 0 Å². The van der Waals surface area contributed by atoms with E-state index in [0.29, 0.717) is 24.7 Å². The number of amides is 1. The minimum Gasteiger partial charge on any atom is -0.489 e. The van der Waals surface area contributed by atoms with Crippen LogP contribution in [0.15, 0.2) is 29.3 Å². The zero-order valence-electron chi connectivity index (χ0n) is 15.5. The van der Waals surface area contributed by atoms with Gasteiger partial charge in [-0.1, -0.05) is 17.7 Å². The van der Waals surface area contributed by atoms with Gasteiger partial charge in [0.05, 0.1) is 13.7 Å². The lowest BCUT2D eigenvalue weighted by Gasteiger charge is -2.32. The number of benzene rings is 1. The summed E-state index contributed by atoms with van der Waals surface area (Å²) in [5, 5.41) is 7.32. The Kier molecular flexibility index (Phi) is 7.84. The van der Waals surface area contributed by atoms with Gasteiger partial charge < -0.3 is 25.0 Å². The third-order valence-electron chi connectivity index (χ3n) is 4.18. The van der Waals surface area contributed by atoms with Gasteiger partial charge in [-0.05, 0) is 38.0 Å². The molecule has 1 aliphatic heterocycles. The quantitative estimate of drug-likeness (QED) is 0.604. The molecule has 1 heterocycles. The van der Waals surface area contributed by atoms with Crippen LogP contribution in [0.3, 0.4) is 0 Å². The van der Waals surface area contributed by atoms with E-state index in [1.54, 1.807) is 18.0 Å². The molecule has 8 heteroatoms. The van der Waals surface area contributed by atoms with E-state index in [1.165, 1.54) is 7.11 Å². The largest absolute Gasteiger partial charge is 0.489 e. The number of methoxy groups -OCH3 is 1. The van der Waals surface area contributed by atoms with Crippen molar-refractivity contribution in [2.75, 3.05) is 33.8 Å². The predicted octanol–water partition coefficient (Wildman–Crippen LogP) is 2.50. The number of nitrogens with one attached hydrogen (secondary N) is 2. The molecular formula is C18H27ClN4O3. The summed E-state index contributed by atoms with van der Waals surface area (Å²) in [6.45, 7) is 3.94. The van der Waals surface area contributed by atoms with Gasteiger partial charge in [0, 0.05) is 31.2 Å². The summed E-state index contributed by atoms with van der Waals surface area (Å²) in [7, 11) is 3.15. The molecular weight excluding hydrogens is 356 g/mol. The van der Waals surface area contributed by atoms with Crippen LogP contribution in [0.1, 0.15) is 19.8 Å². The van der Waals surface area contributed by atoms with Crippen LogP contribution >= 0.6 is 11.6 Å². The highest BCUT2D eigenvalue weighted by Crippen LogP contribution is 2.18. The molecule has 1 amide bonds. The molecule has 1 aliphatic rings. The van der Waals surface area contributed by atoms with E-state index in [-0.39, 0.29) is 18.2 Å². The number of rotatable bonds is 5. The Balaban J connectivity index is 1.73. The Bertz CT molecular complexity index is 618. The number of aliphatic imine (C=N–C) groups is 1. The van der Waals surface area contributed by atoms with Crippen LogP contribution < -0.4 is 15.4 Å². The second-order valence-electron chi connectivity index (χ2n) is 6.21. The Hall–Kier alpha value is -2.15. The van der Waals surface area contributed by atoms with Gasteiger partial charge in [0.15, 0.2) is 5.96 Å². The molecule has 0 saturated carbocycles. The highest BCUT2D eigenvalue weighted by molar-refractivity contribution is 6.30. The average molecular weight is 383 g/mol. The van der Waals surface area contributed by atoms with E-state index in [9.17, 15) is 4.79 Å². The van der Waals surface area contributed by atoms with Crippen molar-refractivity contribution < 1.29 is 14.3 Å². The zero-order valence-corrected chi connectivity index (χ0v) is 16.3. The predicted molar refractivity (Wildman–Crippen MR) is 103 cm³/mol. The van der Waals surface area contributed by atoms with Crippen molar-refractivity contribution in [3.8, 4) is 5.75 Å². The number of piperidine rings is 1. The molecule has 1 unspecified atom stereocenters. The van der Waals surface area contributed by atoms with Crippen molar-refractivity contribution >= 4 is 23.7 Å². The lowest BCUT2D eigenvalue weighted by molar-refractivity contribution is 0.111. The van der Waals surface area contributed by atoms with Crippen LogP contribution in [0, 0.1) is 0 Å². The lowest BCUT2D eigenvalue weighted by atomic mass is 10.1. The maximum Gasteiger partial charge on any atom is 0.409 e. The molecule has 0 aromatic heterocycles. The Morgan fingerprint density at radius 3 is 2.77 bits per heavy atom. The first-order valence-electron chi connectivity index (χ1n) is 8.74. The third kappa shape index (κ3) is 6.29. The molecule has 0 radical (unpaired) electrons. The second-order valence-corrected chi connectivity index (χ2v) is 6.65. The minimum atomic E-state index is -0.266. The molecule has 26 heavy (non-hydrogen) atoms. The van der Waals surface area contributed by atoms with Crippen LogP contribution in [-0.2, 0) is 4.74 Å². The molecule has 2 N–H and O–H groups in total. The normalized spacial score (nSPS) is 16.8. The van der Waals surface area contributed by atoms with Gasteiger partial charge in [0.1, 0.15) is 11.9 Å². The fourth-order valence-corrected chi connectivity index (χ4v) is 2.96. The van der Waals surface area contributed by atoms with Crippen molar-refractivity contribution in [1.82, 2.24) is 15.5 Å². The molecule has 1 aromatic carbocycles. The SMILES string of the molecule is CN=C(NCC(C)Oc1cccc(Cl)c1)NC1CCN(C(=O)OC)CC1. The van der Waals surface area contributed by atoms with Gasteiger partial charge in [-0.25, -0.2) is 4.79 Å². The fourth-order valence-electron chi connectivity index (χ4n) is 2.78. The van der Waals surface area contributed by atoms with E-state index in [1.807, 2.05) is 25.1 Å².